The lowest BCUT2D eigenvalue weighted by atomic mass is 9.88. The fourth-order valence-electron chi connectivity index (χ4n) is 4.21. The van der Waals surface area contributed by atoms with Crippen LogP contribution in [0.4, 0.5) is 0 Å². The van der Waals surface area contributed by atoms with E-state index in [1.54, 1.807) is 24.6 Å². The molecule has 7 heteroatoms. The van der Waals surface area contributed by atoms with Gasteiger partial charge in [-0.3, -0.25) is 14.4 Å². The number of ether oxygens (including phenoxy) is 1. The van der Waals surface area contributed by atoms with E-state index in [9.17, 15) is 19.5 Å². The summed E-state index contributed by atoms with van der Waals surface area (Å²) in [5.74, 6) is -1.70. The summed E-state index contributed by atoms with van der Waals surface area (Å²) in [7, 11) is 2.85. The standard InChI is InChI=1S/C22H22N2O5/c1-12-9-17(25)19(22(28)23(12)2)15(11-18(26)29-3)16-10-14-6-4-5-13-7-8-24(20(13)14)21(16)27/h4-6,9-10,15,25H,7-8,11H2,1-3H3. The highest BCUT2D eigenvalue weighted by molar-refractivity contribution is 5.84. The number of nitrogens with zero attached hydrogens (tertiary/aromatic N) is 2. The first-order valence-corrected chi connectivity index (χ1v) is 9.45. The van der Waals surface area contributed by atoms with E-state index in [2.05, 4.69) is 0 Å². The van der Waals surface area contributed by atoms with Crippen LogP contribution in [0.1, 0.15) is 34.7 Å². The van der Waals surface area contributed by atoms with Gasteiger partial charge >= 0.3 is 5.97 Å². The predicted octanol–water partition coefficient (Wildman–Crippen LogP) is 1.97. The summed E-state index contributed by atoms with van der Waals surface area (Å²) in [6.45, 7) is 2.25. The van der Waals surface area contributed by atoms with Crippen molar-refractivity contribution in [2.24, 2.45) is 7.05 Å². The Balaban J connectivity index is 2.02. The molecule has 0 saturated carbocycles. The average Bonchev–Trinajstić information content (AvgIpc) is 3.14. The van der Waals surface area contributed by atoms with Gasteiger partial charge in [0.25, 0.3) is 11.1 Å². The van der Waals surface area contributed by atoms with Crippen LogP contribution < -0.4 is 11.1 Å². The number of pyridine rings is 2. The van der Waals surface area contributed by atoms with Gasteiger partial charge in [0.2, 0.25) is 0 Å². The SMILES string of the molecule is COC(=O)CC(c1c(O)cc(C)n(C)c1=O)c1cc2cccc3c2n(c1=O)CC3. The van der Waals surface area contributed by atoms with E-state index >= 15 is 0 Å². The number of para-hydroxylation sites is 1. The van der Waals surface area contributed by atoms with E-state index in [4.69, 9.17) is 4.74 Å². The fourth-order valence-corrected chi connectivity index (χ4v) is 4.21. The van der Waals surface area contributed by atoms with Crippen LogP contribution in [0.15, 0.2) is 39.9 Å². The predicted molar refractivity (Wildman–Crippen MR) is 108 cm³/mol. The van der Waals surface area contributed by atoms with Crippen molar-refractivity contribution in [2.75, 3.05) is 7.11 Å². The molecular formula is C22H22N2O5. The summed E-state index contributed by atoms with van der Waals surface area (Å²) in [5, 5.41) is 11.4. The van der Waals surface area contributed by atoms with Gasteiger partial charge in [-0.1, -0.05) is 18.2 Å². The largest absolute Gasteiger partial charge is 0.507 e. The molecule has 0 fully saturated rings. The molecule has 4 rings (SSSR count). The van der Waals surface area contributed by atoms with Gasteiger partial charge in [-0.2, -0.15) is 0 Å². The highest BCUT2D eigenvalue weighted by atomic mass is 16.5. The minimum atomic E-state index is -0.911. The Labute approximate surface area is 166 Å². The van der Waals surface area contributed by atoms with E-state index in [0.717, 1.165) is 22.9 Å². The molecular weight excluding hydrogens is 372 g/mol. The molecule has 0 saturated heterocycles. The molecule has 0 amide bonds. The van der Waals surface area contributed by atoms with Gasteiger partial charge < -0.3 is 19.0 Å². The van der Waals surface area contributed by atoms with Crippen molar-refractivity contribution in [1.29, 1.82) is 0 Å². The third-order valence-corrected chi connectivity index (χ3v) is 5.84. The molecule has 0 bridgehead atoms. The zero-order valence-electron chi connectivity index (χ0n) is 16.6. The second-order valence-electron chi connectivity index (χ2n) is 7.44. The topological polar surface area (TPSA) is 90.5 Å². The second kappa shape index (κ2) is 6.92. The first-order valence-electron chi connectivity index (χ1n) is 9.45. The van der Waals surface area contributed by atoms with E-state index < -0.39 is 17.4 Å². The van der Waals surface area contributed by atoms with E-state index in [1.165, 1.54) is 17.7 Å². The maximum Gasteiger partial charge on any atom is 0.306 e. The molecule has 1 unspecified atom stereocenters. The molecule has 1 N–H and O–H groups in total. The molecule has 0 spiro atoms. The molecule has 1 aromatic carbocycles. The van der Waals surface area contributed by atoms with Gasteiger partial charge in [0.05, 0.1) is 24.6 Å². The summed E-state index contributed by atoms with van der Waals surface area (Å²) in [4.78, 5) is 38.5. The van der Waals surface area contributed by atoms with Crippen LogP contribution in [0.3, 0.4) is 0 Å². The van der Waals surface area contributed by atoms with E-state index in [-0.39, 0.29) is 23.3 Å². The minimum Gasteiger partial charge on any atom is -0.507 e. The number of carbonyl (C=O) groups is 1. The van der Waals surface area contributed by atoms with Gasteiger partial charge in [0.1, 0.15) is 5.75 Å². The molecule has 0 aliphatic carbocycles. The maximum absolute atomic E-state index is 13.3. The third-order valence-electron chi connectivity index (χ3n) is 5.84. The van der Waals surface area contributed by atoms with Gasteiger partial charge in [0.15, 0.2) is 0 Å². The summed E-state index contributed by atoms with van der Waals surface area (Å²) < 4.78 is 7.91. The normalized spacial score (nSPS) is 13.6. The number of aromatic nitrogens is 2. The van der Waals surface area contributed by atoms with Gasteiger partial charge in [-0.05, 0) is 36.4 Å². The van der Waals surface area contributed by atoms with Crippen molar-refractivity contribution in [3.05, 3.63) is 73.4 Å². The van der Waals surface area contributed by atoms with Crippen molar-refractivity contribution in [3.8, 4) is 5.75 Å². The minimum absolute atomic E-state index is 0.0295. The zero-order chi connectivity index (χ0) is 20.9. The lowest BCUT2D eigenvalue weighted by Crippen LogP contribution is -2.31. The highest BCUT2D eigenvalue weighted by Gasteiger charge is 2.30. The van der Waals surface area contributed by atoms with Gasteiger partial charge in [-0.15, -0.1) is 0 Å². The van der Waals surface area contributed by atoms with Crippen molar-refractivity contribution >= 4 is 16.9 Å². The van der Waals surface area contributed by atoms with Crippen molar-refractivity contribution in [2.45, 2.75) is 32.2 Å². The Hall–Kier alpha value is -3.35. The van der Waals surface area contributed by atoms with E-state index in [1.807, 2.05) is 18.2 Å². The lowest BCUT2D eigenvalue weighted by molar-refractivity contribution is -0.140. The Morgan fingerprint density at radius 2 is 2.00 bits per heavy atom. The van der Waals surface area contributed by atoms with Crippen LogP contribution in [-0.2, 0) is 29.5 Å². The number of methoxy groups -OCH3 is 1. The fraction of sp³-hybridized carbons (Fsp3) is 0.318. The van der Waals surface area contributed by atoms with Crippen LogP contribution in [0.2, 0.25) is 0 Å². The molecule has 1 aliphatic heterocycles. The molecule has 1 aliphatic rings. The lowest BCUT2D eigenvalue weighted by Gasteiger charge is -2.20. The van der Waals surface area contributed by atoms with Crippen molar-refractivity contribution in [1.82, 2.24) is 9.13 Å². The van der Waals surface area contributed by atoms with Crippen molar-refractivity contribution in [3.63, 3.8) is 0 Å². The monoisotopic (exact) mass is 394 g/mol. The first kappa shape index (κ1) is 19.0. The molecule has 7 nitrogen and oxygen atoms in total. The molecule has 3 aromatic rings. The quantitative estimate of drug-likeness (QED) is 0.683. The number of rotatable bonds is 4. The van der Waals surface area contributed by atoms with Gasteiger partial charge in [0, 0.05) is 30.8 Å². The highest BCUT2D eigenvalue weighted by Crippen LogP contribution is 2.33. The Morgan fingerprint density at radius 1 is 1.24 bits per heavy atom. The number of carbonyl (C=O) groups excluding carboxylic acids is 1. The van der Waals surface area contributed by atoms with Crippen LogP contribution in [0.25, 0.3) is 10.9 Å². The number of hydrogen-bond acceptors (Lipinski definition) is 5. The zero-order valence-corrected chi connectivity index (χ0v) is 16.6. The Bertz CT molecular complexity index is 1270. The summed E-state index contributed by atoms with van der Waals surface area (Å²) in [6.07, 6.45) is 0.540. The number of aromatic hydroxyl groups is 1. The molecule has 2 aromatic heterocycles. The van der Waals surface area contributed by atoms with Crippen LogP contribution in [0.5, 0.6) is 5.75 Å². The van der Waals surface area contributed by atoms with Gasteiger partial charge in [-0.25, -0.2) is 0 Å². The molecule has 150 valence electrons. The number of benzene rings is 1. The summed E-state index contributed by atoms with van der Waals surface area (Å²) >= 11 is 0. The van der Waals surface area contributed by atoms with Crippen molar-refractivity contribution < 1.29 is 14.6 Å². The number of esters is 1. The molecule has 3 heterocycles. The Morgan fingerprint density at radius 3 is 2.72 bits per heavy atom. The smallest absolute Gasteiger partial charge is 0.306 e. The van der Waals surface area contributed by atoms with Crippen LogP contribution in [0, 0.1) is 6.92 Å². The third kappa shape index (κ3) is 2.93. The maximum atomic E-state index is 13.3. The summed E-state index contributed by atoms with van der Waals surface area (Å²) in [5.41, 5.74) is 2.21. The first-order chi connectivity index (χ1) is 13.8. The average molecular weight is 394 g/mol. The number of aryl methyl sites for hydroxylation is 3. The number of hydrogen-bond donors (Lipinski definition) is 1. The Kier molecular flexibility index (Phi) is 4.53. The van der Waals surface area contributed by atoms with E-state index in [0.29, 0.717) is 17.8 Å². The second-order valence-corrected chi connectivity index (χ2v) is 7.44. The van der Waals surface area contributed by atoms with Crippen LogP contribution >= 0.6 is 0 Å². The van der Waals surface area contributed by atoms with Crippen LogP contribution in [-0.4, -0.2) is 27.3 Å². The molecule has 29 heavy (non-hydrogen) atoms. The molecule has 0 radical (unpaired) electrons. The molecule has 1 atom stereocenters. The summed E-state index contributed by atoms with van der Waals surface area (Å²) in [6, 6.07) is 9.04.